The van der Waals surface area contributed by atoms with Gasteiger partial charge in [-0.05, 0) is 24.6 Å². The number of benzene rings is 1. The maximum atomic E-state index is 12.8. The molecule has 2 nitrogen and oxygen atoms in total. The maximum absolute atomic E-state index is 12.8. The predicted molar refractivity (Wildman–Crippen MR) is 59.3 cm³/mol. The van der Waals surface area contributed by atoms with Crippen LogP contribution in [0.4, 0.5) is 4.39 Å². The molecule has 1 unspecified atom stereocenters. The standard InChI is InChI=1S/C12H18FNO/c1-9(2)10(7-14)8-15-12-5-3-4-11(13)6-12/h3-6,9-10H,7-8,14H2,1-2H3. The zero-order valence-electron chi connectivity index (χ0n) is 9.24. The van der Waals surface area contributed by atoms with Crippen LogP contribution in [0.2, 0.25) is 0 Å². The Morgan fingerprint density at radius 2 is 2.13 bits per heavy atom. The summed E-state index contributed by atoms with van der Waals surface area (Å²) in [7, 11) is 0. The second-order valence-corrected chi connectivity index (χ2v) is 4.01. The Hall–Kier alpha value is -1.09. The Bertz CT molecular complexity index is 301. The van der Waals surface area contributed by atoms with E-state index in [4.69, 9.17) is 10.5 Å². The first-order chi connectivity index (χ1) is 7.13. The van der Waals surface area contributed by atoms with Gasteiger partial charge < -0.3 is 10.5 Å². The summed E-state index contributed by atoms with van der Waals surface area (Å²) in [4.78, 5) is 0. The molecule has 84 valence electrons. The lowest BCUT2D eigenvalue weighted by molar-refractivity contribution is 0.214. The lowest BCUT2D eigenvalue weighted by Crippen LogP contribution is -2.26. The molecule has 0 aliphatic heterocycles. The molecule has 0 spiro atoms. The summed E-state index contributed by atoms with van der Waals surface area (Å²) < 4.78 is 18.3. The Labute approximate surface area is 90.2 Å². The summed E-state index contributed by atoms with van der Waals surface area (Å²) in [6.07, 6.45) is 0. The van der Waals surface area contributed by atoms with E-state index in [9.17, 15) is 4.39 Å². The van der Waals surface area contributed by atoms with Crippen LogP contribution in [0, 0.1) is 17.7 Å². The Balaban J connectivity index is 2.49. The third kappa shape index (κ3) is 3.88. The number of hydrogen-bond donors (Lipinski definition) is 1. The Kier molecular flexibility index (Phi) is 4.56. The molecule has 0 amide bonds. The Morgan fingerprint density at radius 1 is 1.40 bits per heavy atom. The zero-order chi connectivity index (χ0) is 11.3. The van der Waals surface area contributed by atoms with Crippen LogP contribution in [0.15, 0.2) is 24.3 Å². The number of halogens is 1. The molecule has 3 heteroatoms. The van der Waals surface area contributed by atoms with Crippen molar-refractivity contribution in [1.29, 1.82) is 0 Å². The molecule has 0 aromatic heterocycles. The number of nitrogens with two attached hydrogens (primary N) is 1. The van der Waals surface area contributed by atoms with Crippen LogP contribution in [0.25, 0.3) is 0 Å². The van der Waals surface area contributed by atoms with Crippen molar-refractivity contribution >= 4 is 0 Å². The van der Waals surface area contributed by atoms with Gasteiger partial charge in [-0.25, -0.2) is 4.39 Å². The summed E-state index contributed by atoms with van der Waals surface area (Å²) in [5, 5.41) is 0. The molecule has 1 aromatic carbocycles. The molecule has 0 saturated carbocycles. The second-order valence-electron chi connectivity index (χ2n) is 4.01. The summed E-state index contributed by atoms with van der Waals surface area (Å²) in [6.45, 7) is 5.34. The van der Waals surface area contributed by atoms with Gasteiger partial charge in [0.15, 0.2) is 0 Å². The average Bonchev–Trinajstić information content (AvgIpc) is 2.18. The number of rotatable bonds is 5. The van der Waals surface area contributed by atoms with Gasteiger partial charge in [0.05, 0.1) is 6.61 Å². The lowest BCUT2D eigenvalue weighted by Gasteiger charge is -2.19. The Morgan fingerprint density at radius 3 is 2.67 bits per heavy atom. The van der Waals surface area contributed by atoms with Crippen molar-refractivity contribution in [3.63, 3.8) is 0 Å². The largest absolute Gasteiger partial charge is 0.493 e. The van der Waals surface area contributed by atoms with E-state index in [-0.39, 0.29) is 5.82 Å². The molecule has 0 radical (unpaired) electrons. The van der Waals surface area contributed by atoms with Gasteiger partial charge in [0.2, 0.25) is 0 Å². The molecule has 0 aliphatic rings. The molecular weight excluding hydrogens is 193 g/mol. The molecule has 1 rings (SSSR count). The van der Waals surface area contributed by atoms with Crippen molar-refractivity contribution in [1.82, 2.24) is 0 Å². The first-order valence-corrected chi connectivity index (χ1v) is 5.22. The normalized spacial score (nSPS) is 12.9. The van der Waals surface area contributed by atoms with Gasteiger partial charge in [0, 0.05) is 12.0 Å². The summed E-state index contributed by atoms with van der Waals surface area (Å²) in [5.41, 5.74) is 5.61. The topological polar surface area (TPSA) is 35.2 Å². The van der Waals surface area contributed by atoms with E-state index in [2.05, 4.69) is 13.8 Å². The van der Waals surface area contributed by atoms with Gasteiger partial charge >= 0.3 is 0 Å². The van der Waals surface area contributed by atoms with Crippen molar-refractivity contribution < 1.29 is 9.13 Å². The van der Waals surface area contributed by atoms with E-state index in [1.807, 2.05) is 0 Å². The van der Waals surface area contributed by atoms with Crippen LogP contribution >= 0.6 is 0 Å². The van der Waals surface area contributed by atoms with Crippen LogP contribution in [0.1, 0.15) is 13.8 Å². The molecule has 0 saturated heterocycles. The smallest absolute Gasteiger partial charge is 0.126 e. The monoisotopic (exact) mass is 211 g/mol. The molecule has 0 heterocycles. The van der Waals surface area contributed by atoms with Crippen LogP contribution in [-0.4, -0.2) is 13.2 Å². The van der Waals surface area contributed by atoms with Gasteiger partial charge in [-0.2, -0.15) is 0 Å². The van der Waals surface area contributed by atoms with Gasteiger partial charge in [0.25, 0.3) is 0 Å². The minimum absolute atomic E-state index is 0.277. The van der Waals surface area contributed by atoms with E-state index >= 15 is 0 Å². The summed E-state index contributed by atoms with van der Waals surface area (Å²) in [6, 6.07) is 6.16. The molecule has 15 heavy (non-hydrogen) atoms. The first-order valence-electron chi connectivity index (χ1n) is 5.22. The molecule has 1 atom stereocenters. The highest BCUT2D eigenvalue weighted by Gasteiger charge is 2.12. The third-order valence-electron chi connectivity index (χ3n) is 2.51. The first kappa shape index (κ1) is 12.0. The van der Waals surface area contributed by atoms with Crippen LogP contribution in [-0.2, 0) is 0 Å². The van der Waals surface area contributed by atoms with Crippen LogP contribution in [0.5, 0.6) is 5.75 Å². The van der Waals surface area contributed by atoms with Crippen molar-refractivity contribution in [2.24, 2.45) is 17.6 Å². The van der Waals surface area contributed by atoms with Crippen molar-refractivity contribution in [2.45, 2.75) is 13.8 Å². The van der Waals surface area contributed by atoms with Gasteiger partial charge in [-0.3, -0.25) is 0 Å². The number of ether oxygens (including phenoxy) is 1. The molecule has 0 aliphatic carbocycles. The van der Waals surface area contributed by atoms with Gasteiger partial charge in [-0.1, -0.05) is 19.9 Å². The third-order valence-corrected chi connectivity index (χ3v) is 2.51. The summed E-state index contributed by atoms with van der Waals surface area (Å²) >= 11 is 0. The van der Waals surface area contributed by atoms with Gasteiger partial charge in [-0.15, -0.1) is 0 Å². The molecular formula is C12H18FNO. The number of hydrogen-bond acceptors (Lipinski definition) is 2. The van der Waals surface area contributed by atoms with Crippen molar-refractivity contribution in [3.8, 4) is 5.75 Å². The van der Waals surface area contributed by atoms with Crippen LogP contribution in [0.3, 0.4) is 0 Å². The highest BCUT2D eigenvalue weighted by molar-refractivity contribution is 5.22. The van der Waals surface area contributed by atoms with E-state index < -0.39 is 0 Å². The SMILES string of the molecule is CC(C)C(CN)COc1cccc(F)c1. The van der Waals surface area contributed by atoms with E-state index in [1.165, 1.54) is 12.1 Å². The van der Waals surface area contributed by atoms with Crippen molar-refractivity contribution in [3.05, 3.63) is 30.1 Å². The maximum Gasteiger partial charge on any atom is 0.126 e. The van der Waals surface area contributed by atoms with E-state index in [0.717, 1.165) is 0 Å². The van der Waals surface area contributed by atoms with Crippen molar-refractivity contribution in [2.75, 3.05) is 13.2 Å². The predicted octanol–water partition coefficient (Wildman–Crippen LogP) is 2.44. The minimum atomic E-state index is -0.277. The minimum Gasteiger partial charge on any atom is -0.493 e. The highest BCUT2D eigenvalue weighted by atomic mass is 19.1. The van der Waals surface area contributed by atoms with E-state index in [1.54, 1.807) is 12.1 Å². The zero-order valence-corrected chi connectivity index (χ0v) is 9.24. The fourth-order valence-corrected chi connectivity index (χ4v) is 1.29. The molecule has 0 fully saturated rings. The molecule has 2 N–H and O–H groups in total. The fourth-order valence-electron chi connectivity index (χ4n) is 1.29. The van der Waals surface area contributed by atoms with E-state index in [0.29, 0.717) is 30.7 Å². The molecule has 0 bridgehead atoms. The summed E-state index contributed by atoms with van der Waals surface area (Å²) in [5.74, 6) is 1.08. The average molecular weight is 211 g/mol. The quantitative estimate of drug-likeness (QED) is 0.811. The lowest BCUT2D eigenvalue weighted by atomic mass is 9.97. The fraction of sp³-hybridized carbons (Fsp3) is 0.500. The highest BCUT2D eigenvalue weighted by Crippen LogP contribution is 2.15. The second kappa shape index (κ2) is 5.71. The molecule has 1 aromatic rings. The van der Waals surface area contributed by atoms with Gasteiger partial charge in [0.1, 0.15) is 11.6 Å². The van der Waals surface area contributed by atoms with Crippen LogP contribution < -0.4 is 10.5 Å².